The minimum absolute atomic E-state index is 0.161. The van der Waals surface area contributed by atoms with E-state index in [-0.39, 0.29) is 38.8 Å². The largest absolute Gasteiger partial charge is 0.480 e. The second-order valence-corrected chi connectivity index (χ2v) is 5.01. The van der Waals surface area contributed by atoms with E-state index in [1.165, 1.54) is 0 Å². The van der Waals surface area contributed by atoms with Gasteiger partial charge < -0.3 is 37.2 Å². The number of hydrogen-bond acceptors (Lipinski definition) is 7. The van der Waals surface area contributed by atoms with E-state index in [0.29, 0.717) is 0 Å². The maximum atomic E-state index is 10.5. The number of carbonyl (C=O) groups is 2. The first-order valence-electron chi connectivity index (χ1n) is 6.77. The smallest absolute Gasteiger partial charge is 0.320 e. The molecule has 0 saturated carbocycles. The van der Waals surface area contributed by atoms with Crippen molar-refractivity contribution < 1.29 is 30.0 Å². The molecule has 0 aliphatic rings. The number of nitrogens with two attached hydrogens (primary N) is 2. The molecule has 9 N–H and O–H groups in total. The van der Waals surface area contributed by atoms with Crippen molar-refractivity contribution in [2.45, 2.75) is 50.0 Å². The summed E-state index contributed by atoms with van der Waals surface area (Å²) in [6, 6.07) is -1.99. The summed E-state index contributed by atoms with van der Waals surface area (Å²) in [5.41, 5.74) is 10.6. The van der Waals surface area contributed by atoms with E-state index < -0.39 is 36.2 Å². The molecule has 0 spiro atoms. The van der Waals surface area contributed by atoms with Crippen LogP contribution in [-0.4, -0.2) is 69.7 Å². The minimum Gasteiger partial charge on any atom is -0.480 e. The number of hydrogen-bond donors (Lipinski definition) is 7. The summed E-state index contributed by atoms with van der Waals surface area (Å²) in [7, 11) is 0. The number of aliphatic hydroxyl groups is 2. The number of carboxylic acids is 2. The van der Waals surface area contributed by atoms with Crippen LogP contribution in [-0.2, 0) is 9.59 Å². The Labute approximate surface area is 122 Å². The lowest BCUT2D eigenvalue weighted by Gasteiger charge is -2.16. The Kier molecular flexibility index (Phi) is 9.84. The first kappa shape index (κ1) is 19.7. The van der Waals surface area contributed by atoms with Crippen LogP contribution in [0.4, 0.5) is 0 Å². The normalized spacial score (nSPS) is 17.0. The van der Waals surface area contributed by atoms with Crippen LogP contribution in [0, 0.1) is 0 Å². The zero-order valence-corrected chi connectivity index (χ0v) is 11.8. The van der Waals surface area contributed by atoms with Gasteiger partial charge in [0.05, 0.1) is 12.2 Å². The van der Waals surface area contributed by atoms with Gasteiger partial charge >= 0.3 is 11.9 Å². The Morgan fingerprint density at radius 1 is 0.810 bits per heavy atom. The number of aliphatic hydroxyl groups excluding tert-OH is 2. The van der Waals surface area contributed by atoms with Gasteiger partial charge in [-0.15, -0.1) is 0 Å². The van der Waals surface area contributed by atoms with Crippen LogP contribution in [0.3, 0.4) is 0 Å². The monoisotopic (exact) mass is 307 g/mol. The SMILES string of the molecule is N[C@@H](CCC(O)CNC[C@@H](O)CC[C@H](N)C(=O)O)C(=O)O. The van der Waals surface area contributed by atoms with E-state index >= 15 is 0 Å². The molecule has 1 unspecified atom stereocenters. The summed E-state index contributed by atoms with van der Waals surface area (Å²) in [5, 5.41) is 39.2. The maximum absolute atomic E-state index is 10.5. The zero-order valence-electron chi connectivity index (χ0n) is 11.8. The molecule has 0 aliphatic heterocycles. The molecule has 0 fully saturated rings. The first-order chi connectivity index (χ1) is 9.73. The Morgan fingerprint density at radius 2 is 1.14 bits per heavy atom. The molecule has 9 heteroatoms. The first-order valence-corrected chi connectivity index (χ1v) is 6.77. The van der Waals surface area contributed by atoms with Crippen LogP contribution in [0.25, 0.3) is 0 Å². The molecule has 0 rings (SSSR count). The number of nitrogens with one attached hydrogen (secondary N) is 1. The van der Waals surface area contributed by atoms with Crippen molar-refractivity contribution in [2.24, 2.45) is 11.5 Å². The lowest BCUT2D eigenvalue weighted by Crippen LogP contribution is -2.37. The van der Waals surface area contributed by atoms with Crippen LogP contribution in [0.1, 0.15) is 25.7 Å². The lowest BCUT2D eigenvalue weighted by molar-refractivity contribution is -0.139. The van der Waals surface area contributed by atoms with E-state index in [1.54, 1.807) is 0 Å². The second-order valence-electron chi connectivity index (χ2n) is 5.01. The van der Waals surface area contributed by atoms with Crippen LogP contribution in [0.2, 0.25) is 0 Å². The third-order valence-corrected chi connectivity index (χ3v) is 3.02. The average molecular weight is 307 g/mol. The summed E-state index contributed by atoms with van der Waals surface area (Å²) in [6.07, 6.45) is -0.726. The number of carboxylic acid groups (broad SMARTS) is 2. The molecule has 21 heavy (non-hydrogen) atoms. The molecule has 9 nitrogen and oxygen atoms in total. The summed E-state index contributed by atoms with van der Waals surface area (Å²) >= 11 is 0. The predicted octanol–water partition coefficient (Wildman–Crippen LogP) is -2.32. The van der Waals surface area contributed by atoms with Gasteiger partial charge in [0.1, 0.15) is 12.1 Å². The lowest BCUT2D eigenvalue weighted by atomic mass is 10.1. The number of aliphatic carboxylic acids is 2. The van der Waals surface area contributed by atoms with Gasteiger partial charge in [-0.05, 0) is 25.7 Å². The highest BCUT2D eigenvalue weighted by Gasteiger charge is 2.15. The van der Waals surface area contributed by atoms with E-state index in [4.69, 9.17) is 21.7 Å². The highest BCUT2D eigenvalue weighted by atomic mass is 16.4. The molecule has 0 saturated heterocycles. The quantitative estimate of drug-likeness (QED) is 0.208. The fraction of sp³-hybridized carbons (Fsp3) is 0.833. The van der Waals surface area contributed by atoms with Crippen molar-refractivity contribution in [3.05, 3.63) is 0 Å². The van der Waals surface area contributed by atoms with Gasteiger partial charge in [-0.3, -0.25) is 9.59 Å². The third-order valence-electron chi connectivity index (χ3n) is 3.02. The zero-order chi connectivity index (χ0) is 16.4. The molecule has 124 valence electrons. The van der Waals surface area contributed by atoms with E-state index in [9.17, 15) is 19.8 Å². The molecule has 0 aromatic carbocycles. The highest BCUT2D eigenvalue weighted by molar-refractivity contribution is 5.73. The molecule has 0 amide bonds. The fourth-order valence-corrected chi connectivity index (χ4v) is 1.61. The molecule has 0 aliphatic carbocycles. The Balaban J connectivity index is 3.68. The molecule has 0 bridgehead atoms. The highest BCUT2D eigenvalue weighted by Crippen LogP contribution is 2.02. The van der Waals surface area contributed by atoms with Gasteiger partial charge in [0.25, 0.3) is 0 Å². The Hall–Kier alpha value is -1.26. The van der Waals surface area contributed by atoms with Crippen LogP contribution < -0.4 is 16.8 Å². The van der Waals surface area contributed by atoms with Gasteiger partial charge in [-0.25, -0.2) is 0 Å². The van der Waals surface area contributed by atoms with Gasteiger partial charge in [0, 0.05) is 13.1 Å². The van der Waals surface area contributed by atoms with Crippen LogP contribution in [0.15, 0.2) is 0 Å². The van der Waals surface area contributed by atoms with Gasteiger partial charge in [-0.1, -0.05) is 0 Å². The molecule has 0 aromatic rings. The molecule has 4 atom stereocenters. The van der Waals surface area contributed by atoms with Crippen molar-refractivity contribution in [1.82, 2.24) is 5.32 Å². The van der Waals surface area contributed by atoms with Crippen molar-refractivity contribution in [2.75, 3.05) is 13.1 Å². The van der Waals surface area contributed by atoms with Gasteiger partial charge in [0.2, 0.25) is 0 Å². The second kappa shape index (κ2) is 10.5. The third kappa shape index (κ3) is 10.2. The number of rotatable bonds is 12. The predicted molar refractivity (Wildman–Crippen MR) is 74.6 cm³/mol. The standard InChI is InChI=1S/C12H25N3O6/c13-9(11(18)19)3-1-7(16)5-15-6-8(17)2-4-10(14)12(20)21/h7-10,15-17H,1-6,13-14H2,(H,18,19)(H,20,21)/t7-,8?,9-,10-/m0/s1. The van der Waals surface area contributed by atoms with Crippen molar-refractivity contribution >= 4 is 11.9 Å². The molecular formula is C12H25N3O6. The van der Waals surface area contributed by atoms with E-state index in [1.807, 2.05) is 0 Å². The maximum Gasteiger partial charge on any atom is 0.320 e. The van der Waals surface area contributed by atoms with Crippen molar-refractivity contribution in [1.29, 1.82) is 0 Å². The Morgan fingerprint density at radius 3 is 1.43 bits per heavy atom. The van der Waals surface area contributed by atoms with Crippen molar-refractivity contribution in [3.63, 3.8) is 0 Å². The van der Waals surface area contributed by atoms with E-state index in [2.05, 4.69) is 5.32 Å². The minimum atomic E-state index is -1.11. The molecule has 0 aromatic heterocycles. The van der Waals surface area contributed by atoms with Crippen molar-refractivity contribution in [3.8, 4) is 0 Å². The molecule has 0 heterocycles. The van der Waals surface area contributed by atoms with E-state index in [0.717, 1.165) is 0 Å². The summed E-state index contributed by atoms with van der Waals surface area (Å²) in [4.78, 5) is 21.0. The topological polar surface area (TPSA) is 179 Å². The molecule has 0 radical (unpaired) electrons. The summed E-state index contributed by atoms with van der Waals surface area (Å²) < 4.78 is 0. The molecular weight excluding hydrogens is 282 g/mol. The van der Waals surface area contributed by atoms with Crippen LogP contribution in [0.5, 0.6) is 0 Å². The summed E-state index contributed by atoms with van der Waals surface area (Å²) in [5.74, 6) is -2.22. The summed E-state index contributed by atoms with van der Waals surface area (Å²) in [6.45, 7) is 0.378. The van der Waals surface area contributed by atoms with Gasteiger partial charge in [-0.2, -0.15) is 0 Å². The fourth-order valence-electron chi connectivity index (χ4n) is 1.61. The van der Waals surface area contributed by atoms with Gasteiger partial charge in [0.15, 0.2) is 0 Å². The average Bonchev–Trinajstić information content (AvgIpc) is 2.41. The Bertz CT molecular complexity index is 298. The van der Waals surface area contributed by atoms with Crippen LogP contribution >= 0.6 is 0 Å².